The second-order valence-corrected chi connectivity index (χ2v) is 8.22. The Bertz CT molecular complexity index is 840. The van der Waals surface area contributed by atoms with Gasteiger partial charge >= 0.3 is 0 Å². The van der Waals surface area contributed by atoms with Crippen LogP contribution in [0.5, 0.6) is 0 Å². The number of benzene rings is 1. The second kappa shape index (κ2) is 7.60. The summed E-state index contributed by atoms with van der Waals surface area (Å²) in [5.41, 5.74) is 1.18. The van der Waals surface area contributed by atoms with Gasteiger partial charge in [0.1, 0.15) is 6.54 Å². The van der Waals surface area contributed by atoms with Crippen LogP contribution in [0.25, 0.3) is 0 Å². The van der Waals surface area contributed by atoms with Crippen LogP contribution in [-0.4, -0.2) is 34.2 Å². The van der Waals surface area contributed by atoms with Gasteiger partial charge in [0.05, 0.1) is 11.8 Å². The fourth-order valence-electron chi connectivity index (χ4n) is 3.93. The zero-order chi connectivity index (χ0) is 18.8. The van der Waals surface area contributed by atoms with E-state index in [1.165, 1.54) is 16.9 Å². The molecule has 140 valence electrons. The number of hydrogen-bond donors (Lipinski definition) is 1. The smallest absolute Gasteiger partial charge is 0.246 e. The first-order chi connectivity index (χ1) is 13.1. The van der Waals surface area contributed by atoms with Crippen molar-refractivity contribution in [3.8, 4) is 0 Å². The van der Waals surface area contributed by atoms with Gasteiger partial charge < -0.3 is 5.32 Å². The van der Waals surface area contributed by atoms with Crippen molar-refractivity contribution in [1.29, 1.82) is 0 Å². The third-order valence-corrected chi connectivity index (χ3v) is 6.17. The topological polar surface area (TPSA) is 79.4 Å². The lowest BCUT2D eigenvalue weighted by atomic mass is 9.81. The Balaban J connectivity index is 1.36. The number of hydrogen-bond acceptors (Lipinski definition) is 5. The van der Waals surface area contributed by atoms with Gasteiger partial charge in [-0.1, -0.05) is 43.2 Å². The number of carbonyl (C=O) groups excluding carboxylic acids is 3. The highest BCUT2D eigenvalue weighted by Gasteiger charge is 2.48. The van der Waals surface area contributed by atoms with Gasteiger partial charge in [-0.3, -0.25) is 19.3 Å². The van der Waals surface area contributed by atoms with E-state index in [0.29, 0.717) is 5.13 Å². The maximum atomic E-state index is 12.5. The van der Waals surface area contributed by atoms with E-state index in [1.807, 2.05) is 30.3 Å². The molecule has 1 aliphatic heterocycles. The number of rotatable bonds is 5. The molecule has 1 aromatic heterocycles. The van der Waals surface area contributed by atoms with Crippen molar-refractivity contribution in [2.24, 2.45) is 11.8 Å². The van der Waals surface area contributed by atoms with Crippen LogP contribution >= 0.6 is 11.3 Å². The van der Waals surface area contributed by atoms with Crippen LogP contribution in [0.4, 0.5) is 5.13 Å². The molecular weight excluding hydrogens is 362 g/mol. The molecule has 1 aromatic carbocycles. The molecule has 0 bridgehead atoms. The Morgan fingerprint density at radius 1 is 1.11 bits per heavy atom. The zero-order valence-corrected chi connectivity index (χ0v) is 15.7. The van der Waals surface area contributed by atoms with Crippen molar-refractivity contribution in [3.63, 3.8) is 0 Å². The van der Waals surface area contributed by atoms with Crippen LogP contribution in [0.2, 0.25) is 0 Å². The molecule has 3 amide bonds. The molecule has 2 fully saturated rings. The van der Waals surface area contributed by atoms with Crippen LogP contribution in [0, 0.1) is 11.8 Å². The highest BCUT2D eigenvalue weighted by molar-refractivity contribution is 7.15. The Hall–Kier alpha value is -2.54. The summed E-state index contributed by atoms with van der Waals surface area (Å²) >= 11 is 1.40. The van der Waals surface area contributed by atoms with Gasteiger partial charge in [0.15, 0.2) is 5.13 Å². The Morgan fingerprint density at radius 2 is 1.78 bits per heavy atom. The van der Waals surface area contributed by atoms with E-state index < -0.39 is 0 Å². The van der Waals surface area contributed by atoms with Gasteiger partial charge in [-0.15, -0.1) is 11.3 Å². The summed E-state index contributed by atoms with van der Waals surface area (Å²) < 4.78 is 0. The van der Waals surface area contributed by atoms with Crippen LogP contribution in [0.15, 0.2) is 36.5 Å². The summed E-state index contributed by atoms with van der Waals surface area (Å²) in [6.07, 6.45) is 5.95. The maximum absolute atomic E-state index is 12.5. The van der Waals surface area contributed by atoms with Gasteiger partial charge in [0.2, 0.25) is 17.7 Å². The number of amides is 3. The summed E-state index contributed by atoms with van der Waals surface area (Å²) in [5, 5.41) is 3.21. The molecule has 0 spiro atoms. The molecule has 2 aromatic rings. The predicted octanol–water partition coefficient (Wildman–Crippen LogP) is 2.85. The fourth-order valence-corrected chi connectivity index (χ4v) is 4.80. The molecule has 1 N–H and O–H groups in total. The van der Waals surface area contributed by atoms with Gasteiger partial charge in [0, 0.05) is 17.5 Å². The SMILES string of the molecule is O=C(CN1C(=O)C2CCCCC2C1=O)Nc1ncc(Cc2ccccc2)s1. The van der Waals surface area contributed by atoms with Crippen LogP contribution < -0.4 is 5.32 Å². The Morgan fingerprint density at radius 3 is 2.44 bits per heavy atom. The lowest BCUT2D eigenvalue weighted by molar-refractivity contribution is -0.142. The lowest BCUT2D eigenvalue weighted by Crippen LogP contribution is -2.38. The molecule has 2 aliphatic rings. The number of thiazole rings is 1. The molecule has 1 saturated heterocycles. The van der Waals surface area contributed by atoms with Crippen LogP contribution in [0.1, 0.15) is 36.1 Å². The third kappa shape index (κ3) is 3.78. The van der Waals surface area contributed by atoms with Crippen molar-refractivity contribution in [2.75, 3.05) is 11.9 Å². The average molecular weight is 383 g/mol. The van der Waals surface area contributed by atoms with Crippen molar-refractivity contribution in [2.45, 2.75) is 32.1 Å². The summed E-state index contributed by atoms with van der Waals surface area (Å²) in [4.78, 5) is 43.7. The van der Waals surface area contributed by atoms with Gasteiger partial charge in [-0.05, 0) is 18.4 Å². The van der Waals surface area contributed by atoms with Gasteiger partial charge in [-0.2, -0.15) is 0 Å². The minimum absolute atomic E-state index is 0.191. The van der Waals surface area contributed by atoms with Gasteiger partial charge in [-0.25, -0.2) is 4.98 Å². The quantitative estimate of drug-likeness (QED) is 0.805. The number of likely N-dealkylation sites (tertiary alicyclic amines) is 1. The largest absolute Gasteiger partial charge is 0.300 e. The van der Waals surface area contributed by atoms with E-state index in [4.69, 9.17) is 0 Å². The number of anilines is 1. The second-order valence-electron chi connectivity index (χ2n) is 7.10. The van der Waals surface area contributed by atoms with Crippen LogP contribution in [0.3, 0.4) is 0 Å². The predicted molar refractivity (Wildman–Crippen MR) is 102 cm³/mol. The normalized spacial score (nSPS) is 22.0. The van der Waals surface area contributed by atoms with Crippen molar-refractivity contribution >= 4 is 34.2 Å². The molecule has 2 atom stereocenters. The standard InChI is InChI=1S/C20H21N3O3S/c24-17(12-23-18(25)15-8-4-5-9-16(15)19(23)26)22-20-21-11-14(27-20)10-13-6-2-1-3-7-13/h1-3,6-7,11,15-16H,4-5,8-10,12H2,(H,21,22,24). The van der Waals surface area contributed by atoms with E-state index in [9.17, 15) is 14.4 Å². The third-order valence-electron chi connectivity index (χ3n) is 5.26. The van der Waals surface area contributed by atoms with E-state index in [2.05, 4.69) is 10.3 Å². The fraction of sp³-hybridized carbons (Fsp3) is 0.400. The zero-order valence-electron chi connectivity index (χ0n) is 14.9. The molecule has 2 unspecified atom stereocenters. The summed E-state index contributed by atoms with van der Waals surface area (Å²) in [5.74, 6) is -1.21. The molecule has 4 rings (SSSR count). The number of fused-ring (bicyclic) bond motifs is 1. The number of imide groups is 1. The first-order valence-electron chi connectivity index (χ1n) is 9.25. The van der Waals surface area contributed by atoms with Gasteiger partial charge in [0.25, 0.3) is 0 Å². The highest BCUT2D eigenvalue weighted by atomic mass is 32.1. The molecule has 1 saturated carbocycles. The summed E-state index contributed by atoms with van der Waals surface area (Å²) in [6, 6.07) is 10.0. The number of aromatic nitrogens is 1. The minimum Gasteiger partial charge on any atom is -0.300 e. The average Bonchev–Trinajstić information content (AvgIpc) is 3.21. The molecule has 27 heavy (non-hydrogen) atoms. The van der Waals surface area contributed by atoms with E-state index in [-0.39, 0.29) is 36.1 Å². The highest BCUT2D eigenvalue weighted by Crippen LogP contribution is 2.37. The monoisotopic (exact) mass is 383 g/mol. The molecule has 6 nitrogen and oxygen atoms in total. The molecule has 0 radical (unpaired) electrons. The molecule has 2 heterocycles. The summed E-state index contributed by atoms with van der Waals surface area (Å²) in [7, 11) is 0. The Labute approximate surface area is 161 Å². The van der Waals surface area contributed by atoms with Crippen molar-refractivity contribution in [3.05, 3.63) is 47.0 Å². The minimum atomic E-state index is -0.379. The first kappa shape index (κ1) is 17.9. The van der Waals surface area contributed by atoms with E-state index in [0.717, 1.165) is 41.9 Å². The molecular formula is C20H21N3O3S. The summed E-state index contributed by atoms with van der Waals surface area (Å²) in [6.45, 7) is -0.224. The van der Waals surface area contributed by atoms with E-state index in [1.54, 1.807) is 6.20 Å². The van der Waals surface area contributed by atoms with Crippen molar-refractivity contribution in [1.82, 2.24) is 9.88 Å². The molecule has 7 heteroatoms. The molecule has 1 aliphatic carbocycles. The van der Waals surface area contributed by atoms with Crippen LogP contribution in [-0.2, 0) is 20.8 Å². The number of carbonyl (C=O) groups is 3. The Kier molecular flexibility index (Phi) is 5.03. The van der Waals surface area contributed by atoms with E-state index >= 15 is 0 Å². The lowest BCUT2D eigenvalue weighted by Gasteiger charge is -2.19. The number of nitrogens with one attached hydrogen (secondary N) is 1. The van der Waals surface area contributed by atoms with Crippen molar-refractivity contribution < 1.29 is 14.4 Å². The maximum Gasteiger partial charge on any atom is 0.246 e. The number of nitrogens with zero attached hydrogens (tertiary/aromatic N) is 2. The first-order valence-corrected chi connectivity index (χ1v) is 10.1.